The van der Waals surface area contributed by atoms with Crippen LogP contribution >= 0.6 is 0 Å². The highest BCUT2D eigenvalue weighted by atomic mass is 16.2. The van der Waals surface area contributed by atoms with Crippen molar-refractivity contribution in [2.75, 3.05) is 0 Å². The summed E-state index contributed by atoms with van der Waals surface area (Å²) in [6.45, 7) is 10.8. The molecule has 1 saturated carbocycles. The van der Waals surface area contributed by atoms with E-state index in [4.69, 9.17) is 0 Å². The van der Waals surface area contributed by atoms with Crippen LogP contribution in [-0.4, -0.2) is 32.2 Å². The van der Waals surface area contributed by atoms with Crippen molar-refractivity contribution in [2.24, 2.45) is 11.8 Å². The number of rotatable bonds is 3. The second-order valence-electron chi connectivity index (χ2n) is 7.35. The standard InChI is InChI=1S/C15H27N5O/c1-10-7-6-8-12(11(10)2)16-13(21)9-20-14(15(3,4)5)17-18-19-20/h10-12H,6-9H2,1-5H3,(H,16,21)/t10-,11+,12+/m1/s1. The fourth-order valence-corrected chi connectivity index (χ4v) is 3.02. The van der Waals surface area contributed by atoms with Crippen molar-refractivity contribution < 1.29 is 4.79 Å². The van der Waals surface area contributed by atoms with Crippen LogP contribution in [0.3, 0.4) is 0 Å². The Morgan fingerprint density at radius 3 is 2.71 bits per heavy atom. The third kappa shape index (κ3) is 3.80. The highest BCUT2D eigenvalue weighted by Gasteiger charge is 2.29. The monoisotopic (exact) mass is 293 g/mol. The van der Waals surface area contributed by atoms with E-state index in [1.54, 1.807) is 4.68 Å². The van der Waals surface area contributed by atoms with Crippen LogP contribution < -0.4 is 5.32 Å². The van der Waals surface area contributed by atoms with Crippen molar-refractivity contribution in [1.82, 2.24) is 25.5 Å². The normalized spacial score (nSPS) is 26.6. The van der Waals surface area contributed by atoms with Gasteiger partial charge in [0.2, 0.25) is 5.91 Å². The SMILES string of the molecule is C[C@H]1[C@H](C)CCC[C@@H]1NC(=O)Cn1nnnc1C(C)(C)C. The molecule has 2 rings (SSSR count). The minimum absolute atomic E-state index is 0.00116. The molecule has 1 aliphatic rings. The van der Waals surface area contributed by atoms with Gasteiger partial charge in [0.1, 0.15) is 6.54 Å². The summed E-state index contributed by atoms with van der Waals surface area (Å²) in [5.74, 6) is 1.93. The third-order valence-corrected chi connectivity index (χ3v) is 4.55. The summed E-state index contributed by atoms with van der Waals surface area (Å²) in [6.07, 6.45) is 3.52. The number of aromatic nitrogens is 4. The van der Waals surface area contributed by atoms with Gasteiger partial charge in [0.15, 0.2) is 5.82 Å². The van der Waals surface area contributed by atoms with Crippen molar-refractivity contribution in [2.45, 2.75) is 71.9 Å². The minimum atomic E-state index is -0.170. The number of hydrogen-bond acceptors (Lipinski definition) is 4. The maximum atomic E-state index is 12.3. The van der Waals surface area contributed by atoms with E-state index in [1.807, 2.05) is 20.8 Å². The molecule has 21 heavy (non-hydrogen) atoms. The summed E-state index contributed by atoms with van der Waals surface area (Å²) in [6, 6.07) is 0.274. The lowest BCUT2D eigenvalue weighted by molar-refractivity contribution is -0.123. The summed E-state index contributed by atoms with van der Waals surface area (Å²) in [5, 5.41) is 14.8. The molecule has 0 aliphatic heterocycles. The Labute approximate surface area is 126 Å². The molecule has 0 unspecified atom stereocenters. The third-order valence-electron chi connectivity index (χ3n) is 4.55. The van der Waals surface area contributed by atoms with E-state index in [1.165, 1.54) is 12.8 Å². The summed E-state index contributed by atoms with van der Waals surface area (Å²) < 4.78 is 1.60. The molecule has 0 spiro atoms. The lowest BCUT2D eigenvalue weighted by Crippen LogP contribution is -2.45. The molecule has 6 nitrogen and oxygen atoms in total. The van der Waals surface area contributed by atoms with Gasteiger partial charge in [-0.3, -0.25) is 4.79 Å². The number of hydrogen-bond donors (Lipinski definition) is 1. The average Bonchev–Trinajstić information content (AvgIpc) is 2.83. The zero-order valence-corrected chi connectivity index (χ0v) is 13.8. The number of nitrogens with zero attached hydrogens (tertiary/aromatic N) is 4. The van der Waals surface area contributed by atoms with Crippen LogP contribution in [0.2, 0.25) is 0 Å². The smallest absolute Gasteiger partial charge is 0.242 e. The van der Waals surface area contributed by atoms with Crippen LogP contribution in [-0.2, 0) is 16.8 Å². The Morgan fingerprint density at radius 1 is 1.33 bits per heavy atom. The maximum absolute atomic E-state index is 12.3. The summed E-state index contributed by atoms with van der Waals surface area (Å²) >= 11 is 0. The van der Waals surface area contributed by atoms with Crippen molar-refractivity contribution in [3.8, 4) is 0 Å². The van der Waals surface area contributed by atoms with Gasteiger partial charge in [-0.25, -0.2) is 4.68 Å². The van der Waals surface area contributed by atoms with Gasteiger partial charge in [0.05, 0.1) is 0 Å². The van der Waals surface area contributed by atoms with E-state index in [0.717, 1.165) is 12.2 Å². The topological polar surface area (TPSA) is 72.7 Å². The molecule has 0 aromatic carbocycles. The molecule has 1 amide bonds. The zero-order valence-electron chi connectivity index (χ0n) is 13.8. The first-order chi connectivity index (χ1) is 9.79. The molecular formula is C15H27N5O. The molecule has 1 fully saturated rings. The molecule has 0 bridgehead atoms. The summed E-state index contributed by atoms with van der Waals surface area (Å²) in [5.41, 5.74) is -0.170. The largest absolute Gasteiger partial charge is 0.351 e. The quantitative estimate of drug-likeness (QED) is 0.924. The molecule has 118 valence electrons. The van der Waals surface area contributed by atoms with Crippen molar-refractivity contribution in [1.29, 1.82) is 0 Å². The van der Waals surface area contributed by atoms with Crippen LogP contribution in [0.25, 0.3) is 0 Å². The van der Waals surface area contributed by atoms with Crippen molar-refractivity contribution in [3.63, 3.8) is 0 Å². The maximum Gasteiger partial charge on any atom is 0.242 e. The minimum Gasteiger partial charge on any atom is -0.351 e. The molecule has 6 heteroatoms. The van der Waals surface area contributed by atoms with Gasteiger partial charge in [0.25, 0.3) is 0 Å². The van der Waals surface area contributed by atoms with E-state index in [9.17, 15) is 4.79 Å². The van der Waals surface area contributed by atoms with Crippen LogP contribution in [0.15, 0.2) is 0 Å². The molecule has 3 atom stereocenters. The number of amides is 1. The average molecular weight is 293 g/mol. The van der Waals surface area contributed by atoms with Gasteiger partial charge < -0.3 is 5.32 Å². The first-order valence-corrected chi connectivity index (χ1v) is 7.85. The lowest BCUT2D eigenvalue weighted by Gasteiger charge is -2.34. The van der Waals surface area contributed by atoms with E-state index in [-0.39, 0.29) is 23.9 Å². The number of tetrazole rings is 1. The fraction of sp³-hybridized carbons (Fsp3) is 0.867. The van der Waals surface area contributed by atoms with Gasteiger partial charge in [-0.2, -0.15) is 0 Å². The molecular weight excluding hydrogens is 266 g/mol. The molecule has 1 N–H and O–H groups in total. The van der Waals surface area contributed by atoms with E-state index in [0.29, 0.717) is 11.8 Å². The van der Waals surface area contributed by atoms with E-state index < -0.39 is 0 Å². The van der Waals surface area contributed by atoms with Crippen molar-refractivity contribution in [3.05, 3.63) is 5.82 Å². The number of carbonyl (C=O) groups is 1. The Hall–Kier alpha value is -1.46. The predicted octanol–water partition coefficient (Wildman–Crippen LogP) is 1.91. The Bertz CT molecular complexity index is 490. The molecule has 1 aliphatic carbocycles. The van der Waals surface area contributed by atoms with Gasteiger partial charge in [-0.15, -0.1) is 5.10 Å². The van der Waals surface area contributed by atoms with E-state index in [2.05, 4.69) is 34.7 Å². The second kappa shape index (κ2) is 6.12. The van der Waals surface area contributed by atoms with Crippen molar-refractivity contribution >= 4 is 5.91 Å². The molecule has 0 saturated heterocycles. The molecule has 0 radical (unpaired) electrons. The van der Waals surface area contributed by atoms with Crippen LogP contribution in [0.1, 0.15) is 59.7 Å². The van der Waals surface area contributed by atoms with Gasteiger partial charge in [0, 0.05) is 11.5 Å². The van der Waals surface area contributed by atoms with Gasteiger partial charge in [-0.05, 0) is 28.7 Å². The van der Waals surface area contributed by atoms with Gasteiger partial charge >= 0.3 is 0 Å². The van der Waals surface area contributed by atoms with Crippen LogP contribution in [0.5, 0.6) is 0 Å². The fourth-order valence-electron chi connectivity index (χ4n) is 3.02. The highest BCUT2D eigenvalue weighted by Crippen LogP contribution is 2.29. The first kappa shape index (κ1) is 15.9. The Kier molecular flexibility index (Phi) is 4.64. The van der Waals surface area contributed by atoms with Gasteiger partial charge in [-0.1, -0.05) is 47.5 Å². The highest BCUT2D eigenvalue weighted by molar-refractivity contribution is 5.76. The number of nitrogens with one attached hydrogen (secondary N) is 1. The Morgan fingerprint density at radius 2 is 2.05 bits per heavy atom. The lowest BCUT2D eigenvalue weighted by atomic mass is 9.78. The molecule has 1 heterocycles. The van der Waals surface area contributed by atoms with Crippen LogP contribution in [0.4, 0.5) is 0 Å². The summed E-state index contributed by atoms with van der Waals surface area (Å²) in [7, 11) is 0. The van der Waals surface area contributed by atoms with E-state index >= 15 is 0 Å². The zero-order chi connectivity index (χ0) is 15.6. The molecule has 1 aromatic rings. The predicted molar refractivity (Wildman–Crippen MR) is 80.6 cm³/mol. The second-order valence-corrected chi connectivity index (χ2v) is 7.35. The molecule has 1 aromatic heterocycles. The first-order valence-electron chi connectivity index (χ1n) is 7.85. The summed E-state index contributed by atoms with van der Waals surface area (Å²) in [4.78, 5) is 12.3. The Balaban J connectivity index is 1.98. The number of carbonyl (C=O) groups excluding carboxylic acids is 1. The van der Waals surface area contributed by atoms with Crippen LogP contribution in [0, 0.1) is 11.8 Å².